The number of hydrogen-bond donors (Lipinski definition) is 2. The van der Waals surface area contributed by atoms with E-state index in [1.165, 1.54) is 15.9 Å². The molecule has 1 aliphatic rings. The monoisotopic (exact) mass is 536 g/mol. The number of benzene rings is 1. The largest absolute Gasteiger partial charge is 0.449 e. The number of carbonyl (C=O) groups is 2. The quantitative estimate of drug-likeness (QED) is 0.461. The molecule has 2 aromatic heterocycles. The van der Waals surface area contributed by atoms with Crippen molar-refractivity contribution in [3.05, 3.63) is 36.7 Å². The Balaban J connectivity index is 1.45. The Labute approximate surface area is 228 Å². The predicted molar refractivity (Wildman–Crippen MR) is 149 cm³/mol. The van der Waals surface area contributed by atoms with Gasteiger partial charge in [0.15, 0.2) is 5.82 Å². The molecule has 0 spiro atoms. The molecule has 0 saturated carbocycles. The van der Waals surface area contributed by atoms with E-state index in [9.17, 15) is 9.59 Å². The standard InChI is InChI=1S/C26H36N10O3/c1-16(2)14-39-26(38)33(6)21-9-7-20(8-10-21)30-25-31-24(27)36(32-25)23-11-22(28-15-29-23)34-12-17(3)35(19(5)37)18(4)13-34/h7-11,15-18H,12-14H2,1-6H3,(H3,27,30,31,32)/t17-,18+. The van der Waals surface area contributed by atoms with E-state index >= 15 is 0 Å². The summed E-state index contributed by atoms with van der Waals surface area (Å²) in [4.78, 5) is 42.8. The summed E-state index contributed by atoms with van der Waals surface area (Å²) in [6.45, 7) is 11.3. The van der Waals surface area contributed by atoms with E-state index in [2.05, 4.69) is 30.3 Å². The van der Waals surface area contributed by atoms with Crippen LogP contribution in [0.5, 0.6) is 0 Å². The molecular formula is C26H36N10O3. The second-order valence-corrected chi connectivity index (χ2v) is 10.2. The molecule has 3 heterocycles. The molecule has 3 aromatic rings. The van der Waals surface area contributed by atoms with Gasteiger partial charge in [-0.05, 0) is 44.0 Å². The molecule has 0 radical (unpaired) electrons. The highest BCUT2D eigenvalue weighted by Crippen LogP contribution is 2.24. The Morgan fingerprint density at radius 2 is 1.77 bits per heavy atom. The third-order valence-electron chi connectivity index (χ3n) is 6.42. The van der Waals surface area contributed by atoms with E-state index < -0.39 is 6.09 Å². The summed E-state index contributed by atoms with van der Waals surface area (Å²) in [6, 6.07) is 9.12. The zero-order valence-electron chi connectivity index (χ0n) is 23.2. The number of piperazine rings is 1. The summed E-state index contributed by atoms with van der Waals surface area (Å²) in [5.74, 6) is 1.98. The number of carbonyl (C=O) groups excluding carboxylic acids is 2. The van der Waals surface area contributed by atoms with Gasteiger partial charge in [0.1, 0.15) is 12.1 Å². The number of ether oxygens (including phenoxy) is 1. The molecule has 13 nitrogen and oxygen atoms in total. The van der Waals surface area contributed by atoms with Crippen LogP contribution in [0.3, 0.4) is 0 Å². The molecule has 0 aliphatic carbocycles. The minimum absolute atomic E-state index is 0.0498. The Morgan fingerprint density at radius 1 is 1.13 bits per heavy atom. The third kappa shape index (κ3) is 6.36. The van der Waals surface area contributed by atoms with Gasteiger partial charge in [-0.3, -0.25) is 9.69 Å². The summed E-state index contributed by atoms with van der Waals surface area (Å²) in [7, 11) is 1.66. The highest BCUT2D eigenvalue weighted by molar-refractivity contribution is 5.87. The van der Waals surface area contributed by atoms with Gasteiger partial charge in [-0.2, -0.15) is 9.67 Å². The van der Waals surface area contributed by atoms with E-state index in [-0.39, 0.29) is 29.9 Å². The lowest BCUT2D eigenvalue weighted by molar-refractivity contribution is -0.133. The summed E-state index contributed by atoms with van der Waals surface area (Å²) < 4.78 is 6.72. The summed E-state index contributed by atoms with van der Waals surface area (Å²) in [6.07, 6.45) is 1.05. The van der Waals surface area contributed by atoms with E-state index in [0.29, 0.717) is 37.1 Å². The van der Waals surface area contributed by atoms with Crippen LogP contribution in [0.1, 0.15) is 34.6 Å². The number of nitrogens with one attached hydrogen (secondary N) is 1. The minimum atomic E-state index is -0.411. The van der Waals surface area contributed by atoms with Gasteiger partial charge in [0, 0.05) is 56.6 Å². The predicted octanol–water partition coefficient (Wildman–Crippen LogP) is 3.06. The number of nitrogen functional groups attached to an aromatic ring is 1. The molecule has 2 atom stereocenters. The van der Waals surface area contributed by atoms with Crippen molar-refractivity contribution in [2.45, 2.75) is 46.7 Å². The van der Waals surface area contributed by atoms with E-state index in [1.54, 1.807) is 32.2 Å². The first kappa shape index (κ1) is 27.6. The number of aromatic nitrogens is 5. The van der Waals surface area contributed by atoms with E-state index in [1.807, 2.05) is 44.7 Å². The number of anilines is 5. The van der Waals surface area contributed by atoms with Crippen LogP contribution < -0.4 is 20.9 Å². The maximum absolute atomic E-state index is 12.2. The second-order valence-electron chi connectivity index (χ2n) is 10.2. The van der Waals surface area contributed by atoms with Crippen LogP contribution in [0.2, 0.25) is 0 Å². The van der Waals surface area contributed by atoms with Gasteiger partial charge < -0.3 is 25.6 Å². The second kappa shape index (κ2) is 11.5. The molecule has 1 aliphatic heterocycles. The first-order valence-corrected chi connectivity index (χ1v) is 12.9. The fourth-order valence-corrected chi connectivity index (χ4v) is 4.64. The first-order valence-electron chi connectivity index (χ1n) is 12.9. The van der Waals surface area contributed by atoms with Crippen molar-refractivity contribution in [1.29, 1.82) is 0 Å². The average molecular weight is 537 g/mol. The van der Waals surface area contributed by atoms with Crippen molar-refractivity contribution in [1.82, 2.24) is 29.6 Å². The van der Waals surface area contributed by atoms with Crippen molar-refractivity contribution in [3.8, 4) is 5.82 Å². The van der Waals surface area contributed by atoms with Gasteiger partial charge >= 0.3 is 6.09 Å². The van der Waals surface area contributed by atoms with Gasteiger partial charge in [0.2, 0.25) is 17.8 Å². The van der Waals surface area contributed by atoms with Gasteiger partial charge in [0.05, 0.1) is 6.61 Å². The molecule has 1 fully saturated rings. The lowest BCUT2D eigenvalue weighted by atomic mass is 10.1. The average Bonchev–Trinajstić information content (AvgIpc) is 3.26. The van der Waals surface area contributed by atoms with Gasteiger partial charge in [-0.15, -0.1) is 5.10 Å². The fraction of sp³-hybridized carbons (Fsp3) is 0.462. The summed E-state index contributed by atoms with van der Waals surface area (Å²) >= 11 is 0. The lowest BCUT2D eigenvalue weighted by Crippen LogP contribution is -2.58. The van der Waals surface area contributed by atoms with E-state index in [0.717, 1.165) is 11.5 Å². The zero-order valence-corrected chi connectivity index (χ0v) is 23.2. The number of nitrogens with two attached hydrogens (primary N) is 1. The molecule has 4 rings (SSSR count). The van der Waals surface area contributed by atoms with Crippen LogP contribution in [0.25, 0.3) is 5.82 Å². The smallest absolute Gasteiger partial charge is 0.414 e. The number of rotatable bonds is 7. The molecule has 0 unspecified atom stereocenters. The zero-order chi connectivity index (χ0) is 28.3. The molecule has 0 bridgehead atoms. The number of amides is 2. The van der Waals surface area contributed by atoms with E-state index in [4.69, 9.17) is 10.5 Å². The van der Waals surface area contributed by atoms with Gasteiger partial charge in [-0.1, -0.05) is 13.8 Å². The van der Waals surface area contributed by atoms with Crippen LogP contribution in [-0.2, 0) is 9.53 Å². The Kier molecular flexibility index (Phi) is 8.17. The van der Waals surface area contributed by atoms with Crippen molar-refractivity contribution in [2.75, 3.05) is 47.6 Å². The maximum atomic E-state index is 12.2. The van der Waals surface area contributed by atoms with Gasteiger partial charge in [-0.25, -0.2) is 14.8 Å². The Morgan fingerprint density at radius 3 is 2.38 bits per heavy atom. The van der Waals surface area contributed by atoms with Crippen LogP contribution in [0, 0.1) is 5.92 Å². The first-order chi connectivity index (χ1) is 18.5. The minimum Gasteiger partial charge on any atom is -0.449 e. The van der Waals surface area contributed by atoms with Crippen molar-refractivity contribution in [3.63, 3.8) is 0 Å². The SMILES string of the molecule is CC(=O)N1[C@H](C)CN(c2cc(-n3nc(Nc4ccc(N(C)C(=O)OCC(C)C)cc4)nc3N)ncn2)C[C@@H]1C. The lowest BCUT2D eigenvalue weighted by Gasteiger charge is -2.44. The topological polar surface area (TPSA) is 148 Å². The van der Waals surface area contributed by atoms with Crippen molar-refractivity contribution < 1.29 is 14.3 Å². The molecule has 39 heavy (non-hydrogen) atoms. The molecule has 208 valence electrons. The maximum Gasteiger partial charge on any atom is 0.414 e. The van der Waals surface area contributed by atoms with Crippen LogP contribution in [0.15, 0.2) is 36.7 Å². The summed E-state index contributed by atoms with van der Waals surface area (Å²) in [5.41, 5.74) is 7.58. The fourth-order valence-electron chi connectivity index (χ4n) is 4.64. The number of nitrogens with zero attached hydrogens (tertiary/aromatic N) is 8. The molecule has 3 N–H and O–H groups in total. The highest BCUT2D eigenvalue weighted by atomic mass is 16.6. The van der Waals surface area contributed by atoms with Crippen LogP contribution in [0.4, 0.5) is 33.9 Å². The van der Waals surface area contributed by atoms with Crippen molar-refractivity contribution in [2.24, 2.45) is 5.92 Å². The Bertz CT molecular complexity index is 1300. The molecule has 1 aromatic carbocycles. The number of hydrogen-bond acceptors (Lipinski definition) is 10. The molecule has 1 saturated heterocycles. The molecule has 2 amide bonds. The van der Waals surface area contributed by atoms with Crippen LogP contribution in [-0.4, -0.2) is 80.5 Å². The van der Waals surface area contributed by atoms with Crippen LogP contribution >= 0.6 is 0 Å². The highest BCUT2D eigenvalue weighted by Gasteiger charge is 2.32. The molecule has 13 heteroatoms. The normalized spacial score (nSPS) is 17.3. The third-order valence-corrected chi connectivity index (χ3v) is 6.42. The summed E-state index contributed by atoms with van der Waals surface area (Å²) in [5, 5.41) is 7.60. The Hall–Kier alpha value is -4.42. The van der Waals surface area contributed by atoms with Crippen molar-refractivity contribution >= 4 is 41.1 Å². The van der Waals surface area contributed by atoms with Gasteiger partial charge in [0.25, 0.3) is 0 Å². The molecular weight excluding hydrogens is 500 g/mol.